The van der Waals surface area contributed by atoms with Crippen LogP contribution in [0.5, 0.6) is 0 Å². The number of nitrogens with zero attached hydrogens (tertiary/aromatic N) is 2. The molecule has 0 aliphatic carbocycles. The Labute approximate surface area is 221 Å². The van der Waals surface area contributed by atoms with Crippen molar-refractivity contribution < 1.29 is 48.5 Å². The van der Waals surface area contributed by atoms with E-state index in [2.05, 4.69) is 5.32 Å². The SMILES string of the molecule is CS(=O)(=O)O.Cc1cc(F)ccc1C1CNCCN1C(=O)N(C)C(C)c1cc(C(F)(F)F)cc(C(F)(F)F)c1. The number of hydrogen-bond acceptors (Lipinski definition) is 4. The number of urea groups is 1. The Morgan fingerprint density at radius 3 is 2.05 bits per heavy atom. The molecule has 0 radical (unpaired) electrons. The number of rotatable bonds is 3. The third-order valence-corrected chi connectivity index (χ3v) is 6.06. The standard InChI is InChI=1S/C23H24F7N3O.CH4O3S/c1-13-8-18(24)4-5-19(13)20-12-31-6-7-33(20)21(34)32(3)14(2)15-9-16(22(25,26)27)11-17(10-15)23(28,29)30;1-5(2,3)4/h4-5,8-11,14,20,31H,6-7,12H2,1-3H3;1H3,(H,2,3,4). The van der Waals surface area contributed by atoms with Crippen LogP contribution in [0.1, 0.15) is 46.8 Å². The second kappa shape index (κ2) is 12.1. The summed E-state index contributed by atoms with van der Waals surface area (Å²) in [6.45, 7) is 4.14. The number of nitrogens with one attached hydrogen (secondary N) is 1. The average Bonchev–Trinajstić information content (AvgIpc) is 2.80. The van der Waals surface area contributed by atoms with E-state index in [1.165, 1.54) is 31.0 Å². The van der Waals surface area contributed by atoms with Crippen molar-refractivity contribution >= 4 is 16.1 Å². The van der Waals surface area contributed by atoms with Gasteiger partial charge in [-0.2, -0.15) is 34.8 Å². The molecule has 1 aliphatic heterocycles. The quantitative estimate of drug-likeness (QED) is 0.369. The molecule has 1 fully saturated rings. The van der Waals surface area contributed by atoms with E-state index < -0.39 is 57.5 Å². The van der Waals surface area contributed by atoms with Gasteiger partial charge in [-0.1, -0.05) is 6.07 Å². The zero-order chi connectivity index (χ0) is 29.9. The summed E-state index contributed by atoms with van der Waals surface area (Å²) in [4.78, 5) is 16.0. The molecular formula is C24H28F7N3O4S. The topological polar surface area (TPSA) is 90.0 Å². The summed E-state index contributed by atoms with van der Waals surface area (Å²) < 4.78 is 119. The molecule has 0 spiro atoms. The predicted octanol–water partition coefficient (Wildman–Crippen LogP) is 5.44. The molecule has 0 saturated carbocycles. The number of aryl methyl sites for hydroxylation is 1. The first-order valence-corrected chi connectivity index (χ1v) is 13.3. The summed E-state index contributed by atoms with van der Waals surface area (Å²) in [7, 11) is -2.34. The summed E-state index contributed by atoms with van der Waals surface area (Å²) in [6, 6.07) is 3.36. The molecule has 39 heavy (non-hydrogen) atoms. The van der Waals surface area contributed by atoms with Crippen molar-refractivity contribution in [3.05, 3.63) is 70.0 Å². The third kappa shape index (κ3) is 9.07. The van der Waals surface area contributed by atoms with Crippen LogP contribution in [0.3, 0.4) is 0 Å². The number of benzene rings is 2. The second-order valence-corrected chi connectivity index (χ2v) is 10.5. The van der Waals surface area contributed by atoms with Crippen LogP contribution in [-0.4, -0.2) is 61.7 Å². The minimum atomic E-state index is -4.98. The lowest BCUT2D eigenvalue weighted by Crippen LogP contribution is -2.52. The van der Waals surface area contributed by atoms with E-state index >= 15 is 0 Å². The van der Waals surface area contributed by atoms with Crippen LogP contribution in [0.15, 0.2) is 36.4 Å². The van der Waals surface area contributed by atoms with Crippen molar-refractivity contribution in [2.75, 3.05) is 32.9 Å². The Kier molecular flexibility index (Phi) is 10.0. The number of alkyl halides is 6. The highest BCUT2D eigenvalue weighted by atomic mass is 32.2. The molecule has 218 valence electrons. The summed E-state index contributed by atoms with van der Waals surface area (Å²) >= 11 is 0. The molecule has 15 heteroatoms. The molecule has 2 unspecified atom stereocenters. The lowest BCUT2D eigenvalue weighted by Gasteiger charge is -2.40. The van der Waals surface area contributed by atoms with Crippen LogP contribution in [0.25, 0.3) is 0 Å². The zero-order valence-electron chi connectivity index (χ0n) is 21.4. The first kappa shape index (κ1) is 32.3. The number of halogens is 7. The molecule has 1 heterocycles. The predicted molar refractivity (Wildman–Crippen MR) is 129 cm³/mol. The van der Waals surface area contributed by atoms with Crippen LogP contribution in [0, 0.1) is 12.7 Å². The van der Waals surface area contributed by atoms with Crippen molar-refractivity contribution in [1.29, 1.82) is 0 Å². The van der Waals surface area contributed by atoms with Gasteiger partial charge in [-0.15, -0.1) is 0 Å². The summed E-state index contributed by atoms with van der Waals surface area (Å²) in [5.74, 6) is -0.432. The van der Waals surface area contributed by atoms with Crippen LogP contribution >= 0.6 is 0 Å². The van der Waals surface area contributed by atoms with Crippen LogP contribution in [0.2, 0.25) is 0 Å². The molecule has 2 aromatic rings. The minimum Gasteiger partial charge on any atom is -0.321 e. The van der Waals surface area contributed by atoms with Crippen LogP contribution < -0.4 is 5.32 Å². The monoisotopic (exact) mass is 587 g/mol. The minimum absolute atomic E-state index is 0.0572. The molecule has 1 saturated heterocycles. The van der Waals surface area contributed by atoms with Crippen LogP contribution in [-0.2, 0) is 22.5 Å². The highest BCUT2D eigenvalue weighted by Crippen LogP contribution is 2.38. The molecule has 2 amide bonds. The van der Waals surface area contributed by atoms with Gasteiger partial charge in [-0.05, 0) is 60.9 Å². The lowest BCUT2D eigenvalue weighted by atomic mass is 9.98. The molecule has 1 aliphatic rings. The van der Waals surface area contributed by atoms with Gasteiger partial charge in [0.1, 0.15) is 5.82 Å². The average molecular weight is 588 g/mol. The highest BCUT2D eigenvalue weighted by Gasteiger charge is 2.38. The van der Waals surface area contributed by atoms with E-state index in [9.17, 15) is 43.9 Å². The van der Waals surface area contributed by atoms with Crippen molar-refractivity contribution in [3.63, 3.8) is 0 Å². The molecule has 0 bridgehead atoms. The van der Waals surface area contributed by atoms with Crippen molar-refractivity contribution in [1.82, 2.24) is 15.1 Å². The van der Waals surface area contributed by atoms with E-state index in [1.54, 1.807) is 13.0 Å². The lowest BCUT2D eigenvalue weighted by molar-refractivity contribution is -0.143. The van der Waals surface area contributed by atoms with Crippen molar-refractivity contribution in [2.24, 2.45) is 0 Å². The normalized spacial score (nSPS) is 17.2. The number of carbonyl (C=O) groups excluding carboxylic acids is 1. The Morgan fingerprint density at radius 2 is 1.59 bits per heavy atom. The van der Waals surface area contributed by atoms with Crippen molar-refractivity contribution in [3.8, 4) is 0 Å². The van der Waals surface area contributed by atoms with Gasteiger partial charge in [0.25, 0.3) is 10.1 Å². The van der Waals surface area contributed by atoms with Gasteiger partial charge in [-0.3, -0.25) is 4.55 Å². The fraction of sp³-hybridized carbons (Fsp3) is 0.458. The van der Waals surface area contributed by atoms with Gasteiger partial charge in [0.15, 0.2) is 0 Å². The Balaban J connectivity index is 0.000000976. The Morgan fingerprint density at radius 1 is 1.08 bits per heavy atom. The zero-order valence-corrected chi connectivity index (χ0v) is 22.2. The molecule has 2 N–H and O–H groups in total. The van der Waals surface area contributed by atoms with E-state index in [0.29, 0.717) is 42.6 Å². The van der Waals surface area contributed by atoms with E-state index in [1.807, 2.05) is 0 Å². The smallest absolute Gasteiger partial charge is 0.321 e. The van der Waals surface area contributed by atoms with Crippen LogP contribution in [0.4, 0.5) is 35.5 Å². The van der Waals surface area contributed by atoms with E-state index in [-0.39, 0.29) is 18.2 Å². The van der Waals surface area contributed by atoms with Crippen molar-refractivity contribution in [2.45, 2.75) is 38.3 Å². The maximum Gasteiger partial charge on any atom is 0.416 e. The molecule has 2 aromatic carbocycles. The largest absolute Gasteiger partial charge is 0.416 e. The van der Waals surface area contributed by atoms with Gasteiger partial charge in [-0.25, -0.2) is 9.18 Å². The van der Waals surface area contributed by atoms with E-state index in [4.69, 9.17) is 4.55 Å². The summed E-state index contributed by atoms with van der Waals surface area (Å²) in [6.07, 6.45) is -9.25. The first-order valence-electron chi connectivity index (χ1n) is 11.4. The molecule has 3 rings (SSSR count). The van der Waals surface area contributed by atoms with Gasteiger partial charge in [0.2, 0.25) is 0 Å². The number of carbonyl (C=O) groups is 1. The first-order chi connectivity index (χ1) is 17.7. The Hall–Kier alpha value is -2.91. The van der Waals surface area contributed by atoms with Gasteiger partial charge in [0, 0.05) is 26.7 Å². The second-order valence-electron chi connectivity index (χ2n) is 9.06. The fourth-order valence-corrected chi connectivity index (χ4v) is 4.04. The summed E-state index contributed by atoms with van der Waals surface area (Å²) in [5, 5.41) is 3.15. The maximum atomic E-state index is 13.6. The number of amides is 2. The highest BCUT2D eigenvalue weighted by molar-refractivity contribution is 7.85. The van der Waals surface area contributed by atoms with E-state index in [0.717, 1.165) is 4.90 Å². The molecule has 7 nitrogen and oxygen atoms in total. The van der Waals surface area contributed by atoms with Gasteiger partial charge in [0.05, 0.1) is 29.5 Å². The number of hydrogen-bond donors (Lipinski definition) is 2. The number of piperazine rings is 1. The fourth-order valence-electron chi connectivity index (χ4n) is 4.04. The Bertz CT molecular complexity index is 1240. The molecule has 2 atom stereocenters. The maximum absolute atomic E-state index is 13.6. The molecule has 0 aromatic heterocycles. The molecular weight excluding hydrogens is 559 g/mol. The third-order valence-electron chi connectivity index (χ3n) is 6.06. The van der Waals surface area contributed by atoms with Gasteiger partial charge >= 0.3 is 18.4 Å². The summed E-state index contributed by atoms with van der Waals surface area (Å²) in [5.41, 5.74) is -1.85. The van der Waals surface area contributed by atoms with Gasteiger partial charge < -0.3 is 15.1 Å².